The highest BCUT2D eigenvalue weighted by Gasteiger charge is 2.22. The van der Waals surface area contributed by atoms with Crippen LogP contribution in [-0.2, 0) is 66.4 Å². The van der Waals surface area contributed by atoms with Crippen LogP contribution in [0.2, 0.25) is 0 Å². The summed E-state index contributed by atoms with van der Waals surface area (Å²) in [5, 5.41) is 2.62. The number of alkyl carbamates (subject to hydrolysis) is 1. The first-order chi connectivity index (χ1) is 24.3. The van der Waals surface area contributed by atoms with Crippen molar-refractivity contribution in [2.45, 2.75) is 26.4 Å². The molecule has 3 amide bonds. The Bertz CT molecular complexity index is 855. The minimum atomic E-state index is -0.517. The molecular formula is C33H60N2O15. The Labute approximate surface area is 296 Å². The lowest BCUT2D eigenvalue weighted by Crippen LogP contribution is -2.34. The lowest BCUT2D eigenvalue weighted by molar-refractivity contribution is -0.137. The van der Waals surface area contributed by atoms with Gasteiger partial charge in [0, 0.05) is 18.7 Å². The Morgan fingerprint density at radius 3 is 1.02 bits per heavy atom. The number of imide groups is 1. The van der Waals surface area contributed by atoms with E-state index in [1.807, 2.05) is 20.8 Å². The largest absolute Gasteiger partial charge is 0.444 e. The average molecular weight is 725 g/mol. The SMILES string of the molecule is CC(C)(C)OC(=O)NCCOCCOCCOCCOCCOCCOCCOCCOCCOCCOCCOCCN1C(=O)C=CC1=O. The summed E-state index contributed by atoms with van der Waals surface area (Å²) in [5.74, 6) is -0.621. The number of hydrogen-bond donors (Lipinski definition) is 1. The highest BCUT2D eigenvalue weighted by atomic mass is 16.6. The molecule has 0 aromatic rings. The molecule has 17 nitrogen and oxygen atoms in total. The van der Waals surface area contributed by atoms with E-state index < -0.39 is 11.7 Å². The smallest absolute Gasteiger partial charge is 0.407 e. The molecule has 0 saturated heterocycles. The number of ether oxygens (including phenoxy) is 12. The number of rotatable bonds is 36. The summed E-state index contributed by atoms with van der Waals surface area (Å²) < 4.78 is 64.9. The van der Waals surface area contributed by atoms with Gasteiger partial charge in [0.05, 0.1) is 152 Å². The summed E-state index contributed by atoms with van der Waals surface area (Å²) >= 11 is 0. The van der Waals surface area contributed by atoms with Gasteiger partial charge in [-0.15, -0.1) is 0 Å². The van der Waals surface area contributed by atoms with Crippen LogP contribution in [0.1, 0.15) is 20.8 Å². The molecule has 292 valence electrons. The second-order valence-electron chi connectivity index (χ2n) is 11.3. The van der Waals surface area contributed by atoms with Crippen LogP contribution in [0, 0.1) is 0 Å². The maximum absolute atomic E-state index is 11.5. The number of amides is 3. The third-order valence-corrected chi connectivity index (χ3v) is 5.99. The summed E-state index contributed by atoms with van der Waals surface area (Å²) in [6.45, 7) is 15.9. The molecule has 1 N–H and O–H groups in total. The third-order valence-electron chi connectivity index (χ3n) is 5.99. The zero-order valence-electron chi connectivity index (χ0n) is 30.2. The van der Waals surface area contributed by atoms with Crippen molar-refractivity contribution in [1.82, 2.24) is 10.2 Å². The number of carbonyl (C=O) groups is 3. The number of carbonyl (C=O) groups excluding carboxylic acids is 3. The van der Waals surface area contributed by atoms with Crippen molar-refractivity contribution in [1.29, 1.82) is 0 Å². The van der Waals surface area contributed by atoms with Gasteiger partial charge in [0.2, 0.25) is 0 Å². The molecule has 1 heterocycles. The maximum atomic E-state index is 11.5. The fourth-order valence-corrected chi connectivity index (χ4v) is 3.65. The van der Waals surface area contributed by atoms with Gasteiger partial charge < -0.3 is 62.2 Å². The van der Waals surface area contributed by atoms with Gasteiger partial charge in [0.25, 0.3) is 11.8 Å². The molecule has 0 aromatic heterocycles. The summed E-state index contributed by atoms with van der Waals surface area (Å²) in [4.78, 5) is 35.4. The van der Waals surface area contributed by atoms with E-state index >= 15 is 0 Å². The molecule has 17 heteroatoms. The monoisotopic (exact) mass is 724 g/mol. The topological polar surface area (TPSA) is 177 Å². The first-order valence-corrected chi connectivity index (χ1v) is 17.1. The highest BCUT2D eigenvalue weighted by molar-refractivity contribution is 6.12. The van der Waals surface area contributed by atoms with Crippen LogP contribution < -0.4 is 5.32 Å². The molecule has 1 aliphatic heterocycles. The number of hydrogen-bond acceptors (Lipinski definition) is 15. The van der Waals surface area contributed by atoms with Gasteiger partial charge in [-0.05, 0) is 20.8 Å². The van der Waals surface area contributed by atoms with Crippen molar-refractivity contribution in [3.05, 3.63) is 12.2 Å². The van der Waals surface area contributed by atoms with Crippen molar-refractivity contribution in [2.24, 2.45) is 0 Å². The Balaban J connectivity index is 1.64. The summed E-state index contributed by atoms with van der Waals surface area (Å²) in [6, 6.07) is 0. The number of nitrogens with zero attached hydrogens (tertiary/aromatic N) is 1. The zero-order valence-corrected chi connectivity index (χ0v) is 30.2. The zero-order chi connectivity index (χ0) is 36.4. The van der Waals surface area contributed by atoms with Crippen LogP contribution in [0.5, 0.6) is 0 Å². The Kier molecular flexibility index (Phi) is 29.8. The van der Waals surface area contributed by atoms with E-state index in [2.05, 4.69) is 5.32 Å². The van der Waals surface area contributed by atoms with Gasteiger partial charge in [-0.1, -0.05) is 0 Å². The van der Waals surface area contributed by atoms with Crippen molar-refractivity contribution < 1.29 is 71.2 Å². The Hall–Kier alpha value is -2.29. The quantitative estimate of drug-likeness (QED) is 0.0702. The molecular weight excluding hydrogens is 664 g/mol. The number of nitrogens with one attached hydrogen (secondary N) is 1. The van der Waals surface area contributed by atoms with Crippen molar-refractivity contribution in [3.8, 4) is 0 Å². The Morgan fingerprint density at radius 1 is 0.480 bits per heavy atom. The van der Waals surface area contributed by atoms with Crippen LogP contribution in [0.15, 0.2) is 12.2 Å². The van der Waals surface area contributed by atoms with Crippen LogP contribution in [0.3, 0.4) is 0 Å². The predicted molar refractivity (Wildman–Crippen MR) is 179 cm³/mol. The lowest BCUT2D eigenvalue weighted by Gasteiger charge is -2.19. The fraction of sp³-hybridized carbons (Fsp3) is 0.848. The standard InChI is InChI=1S/C33H60N2O15/c1-33(2,3)50-32(38)34-6-8-39-10-12-41-14-16-43-18-20-45-22-24-47-26-28-49-29-27-48-25-23-46-21-19-44-17-15-42-13-11-40-9-7-35-30(36)4-5-31(35)37/h4-5H,6-29H2,1-3H3,(H,34,38). The molecule has 0 saturated carbocycles. The molecule has 0 aromatic carbocycles. The maximum Gasteiger partial charge on any atom is 0.407 e. The second-order valence-corrected chi connectivity index (χ2v) is 11.3. The molecule has 0 radical (unpaired) electrons. The van der Waals surface area contributed by atoms with Crippen LogP contribution in [0.4, 0.5) is 4.79 Å². The normalized spacial score (nSPS) is 13.1. The molecule has 1 aliphatic rings. The van der Waals surface area contributed by atoms with E-state index in [1.54, 1.807) is 0 Å². The van der Waals surface area contributed by atoms with Crippen LogP contribution in [-0.4, -0.2) is 187 Å². The summed E-state index contributed by atoms with van der Waals surface area (Å²) in [5.41, 5.74) is -0.517. The molecule has 0 bridgehead atoms. The van der Waals surface area contributed by atoms with E-state index in [0.717, 1.165) is 4.90 Å². The van der Waals surface area contributed by atoms with Crippen molar-refractivity contribution >= 4 is 17.9 Å². The third kappa shape index (κ3) is 30.5. The summed E-state index contributed by atoms with van der Waals surface area (Å²) in [6.07, 6.45) is 2.05. The molecule has 1 rings (SSSR count). The van der Waals surface area contributed by atoms with E-state index in [4.69, 9.17) is 56.8 Å². The minimum absolute atomic E-state index is 0.235. The van der Waals surface area contributed by atoms with E-state index in [1.165, 1.54) is 12.2 Å². The first kappa shape index (κ1) is 45.7. The van der Waals surface area contributed by atoms with Crippen LogP contribution in [0.25, 0.3) is 0 Å². The molecule has 50 heavy (non-hydrogen) atoms. The van der Waals surface area contributed by atoms with Gasteiger partial charge in [0.15, 0.2) is 0 Å². The fourth-order valence-electron chi connectivity index (χ4n) is 3.65. The minimum Gasteiger partial charge on any atom is -0.444 e. The average Bonchev–Trinajstić information content (AvgIpc) is 3.39. The van der Waals surface area contributed by atoms with Gasteiger partial charge in [0.1, 0.15) is 5.60 Å². The predicted octanol–water partition coefficient (Wildman–Crippen LogP) is 0.619. The molecule has 0 atom stereocenters. The molecule has 0 fully saturated rings. The van der Waals surface area contributed by atoms with Crippen molar-refractivity contribution in [2.75, 3.05) is 158 Å². The van der Waals surface area contributed by atoms with Crippen molar-refractivity contribution in [3.63, 3.8) is 0 Å². The van der Waals surface area contributed by atoms with Crippen LogP contribution >= 0.6 is 0 Å². The lowest BCUT2D eigenvalue weighted by atomic mass is 10.2. The first-order valence-electron chi connectivity index (χ1n) is 17.1. The summed E-state index contributed by atoms with van der Waals surface area (Å²) in [7, 11) is 0. The Morgan fingerprint density at radius 2 is 0.740 bits per heavy atom. The van der Waals surface area contributed by atoms with Gasteiger partial charge in [-0.3, -0.25) is 14.5 Å². The van der Waals surface area contributed by atoms with E-state index in [-0.39, 0.29) is 25.0 Å². The second kappa shape index (κ2) is 32.6. The van der Waals surface area contributed by atoms with Gasteiger partial charge >= 0.3 is 6.09 Å². The molecule has 0 aliphatic carbocycles. The highest BCUT2D eigenvalue weighted by Crippen LogP contribution is 2.06. The van der Waals surface area contributed by atoms with Gasteiger partial charge in [-0.25, -0.2) is 4.79 Å². The van der Waals surface area contributed by atoms with E-state index in [9.17, 15) is 14.4 Å². The van der Waals surface area contributed by atoms with E-state index in [0.29, 0.717) is 145 Å². The van der Waals surface area contributed by atoms with Gasteiger partial charge in [-0.2, -0.15) is 0 Å². The molecule has 0 spiro atoms. The molecule has 0 unspecified atom stereocenters.